The summed E-state index contributed by atoms with van der Waals surface area (Å²) in [6.07, 6.45) is -2.18. The van der Waals surface area contributed by atoms with Gasteiger partial charge < -0.3 is 24.4 Å². The molecule has 2 rings (SSSR count). The Balaban J connectivity index is 2.11. The van der Waals surface area contributed by atoms with E-state index in [1.165, 1.54) is 6.92 Å². The first-order chi connectivity index (χ1) is 6.53. The van der Waals surface area contributed by atoms with Crippen LogP contribution in [0.1, 0.15) is 6.92 Å². The first-order valence-corrected chi connectivity index (χ1v) is 4.36. The number of esters is 1. The van der Waals surface area contributed by atoms with Crippen molar-refractivity contribution in [1.29, 1.82) is 0 Å². The fourth-order valence-corrected chi connectivity index (χ4v) is 1.81. The molecule has 14 heavy (non-hydrogen) atoms. The molecule has 0 saturated carbocycles. The predicted molar refractivity (Wildman–Crippen MR) is 42.2 cm³/mol. The summed E-state index contributed by atoms with van der Waals surface area (Å²) in [5, 5.41) is 19.2. The Kier molecular flexibility index (Phi) is 2.23. The Bertz CT molecular complexity index is 254. The van der Waals surface area contributed by atoms with Crippen molar-refractivity contribution in [2.24, 2.45) is 0 Å². The van der Waals surface area contributed by atoms with Gasteiger partial charge in [-0.15, -0.1) is 0 Å². The molecule has 6 nitrogen and oxygen atoms in total. The normalized spacial score (nSPS) is 46.4. The quantitative estimate of drug-likeness (QED) is 0.395. The molecule has 80 valence electrons. The van der Waals surface area contributed by atoms with Gasteiger partial charge in [0.25, 0.3) is 5.79 Å². The Morgan fingerprint density at radius 1 is 1.57 bits per heavy atom. The van der Waals surface area contributed by atoms with Crippen LogP contribution in [0.3, 0.4) is 0 Å². The summed E-state index contributed by atoms with van der Waals surface area (Å²) < 4.78 is 14.9. The van der Waals surface area contributed by atoms with Gasteiger partial charge in [-0.25, -0.2) is 0 Å². The van der Waals surface area contributed by atoms with E-state index in [1.54, 1.807) is 0 Å². The maximum atomic E-state index is 10.7. The first kappa shape index (κ1) is 9.85. The van der Waals surface area contributed by atoms with Gasteiger partial charge in [0.2, 0.25) is 0 Å². The van der Waals surface area contributed by atoms with Crippen molar-refractivity contribution in [3.05, 3.63) is 0 Å². The summed E-state index contributed by atoms with van der Waals surface area (Å²) >= 11 is 0. The van der Waals surface area contributed by atoms with Crippen LogP contribution in [0.4, 0.5) is 0 Å². The lowest BCUT2D eigenvalue weighted by Crippen LogP contribution is -2.47. The monoisotopic (exact) mass is 204 g/mol. The van der Waals surface area contributed by atoms with Crippen LogP contribution in [0.2, 0.25) is 0 Å². The van der Waals surface area contributed by atoms with Gasteiger partial charge in [-0.3, -0.25) is 4.79 Å². The minimum atomic E-state index is -1.76. The van der Waals surface area contributed by atoms with Gasteiger partial charge in [-0.1, -0.05) is 0 Å². The lowest BCUT2D eigenvalue weighted by atomic mass is 10.1. The van der Waals surface area contributed by atoms with Gasteiger partial charge in [0.05, 0.1) is 6.61 Å². The van der Waals surface area contributed by atoms with Crippen LogP contribution in [0.25, 0.3) is 0 Å². The zero-order chi connectivity index (χ0) is 10.3. The van der Waals surface area contributed by atoms with Gasteiger partial charge >= 0.3 is 5.97 Å². The number of rotatable bonds is 1. The van der Waals surface area contributed by atoms with E-state index in [0.29, 0.717) is 0 Å². The van der Waals surface area contributed by atoms with E-state index in [1.807, 2.05) is 0 Å². The molecule has 0 aliphatic carbocycles. The van der Waals surface area contributed by atoms with E-state index in [-0.39, 0.29) is 13.2 Å². The highest BCUT2D eigenvalue weighted by molar-refractivity contribution is 5.66. The van der Waals surface area contributed by atoms with Crippen molar-refractivity contribution in [2.45, 2.75) is 31.0 Å². The van der Waals surface area contributed by atoms with E-state index in [0.717, 1.165) is 0 Å². The van der Waals surface area contributed by atoms with Gasteiger partial charge in [0.1, 0.15) is 18.8 Å². The fourth-order valence-electron chi connectivity index (χ4n) is 1.81. The van der Waals surface area contributed by atoms with Crippen LogP contribution < -0.4 is 0 Å². The first-order valence-electron chi connectivity index (χ1n) is 4.36. The number of aliphatic hydroxyl groups is 2. The molecular formula is C8H12O6. The maximum Gasteiger partial charge on any atom is 0.305 e. The molecule has 0 aromatic carbocycles. The molecule has 2 fully saturated rings. The fraction of sp³-hybridized carbons (Fsp3) is 0.875. The lowest BCUT2D eigenvalue weighted by Gasteiger charge is -2.25. The minimum absolute atomic E-state index is 0.0823. The number of ether oxygens (including phenoxy) is 3. The second-order valence-corrected chi connectivity index (χ2v) is 3.54. The maximum absolute atomic E-state index is 10.7. The lowest BCUT2D eigenvalue weighted by molar-refractivity contribution is -0.236. The van der Waals surface area contributed by atoms with Crippen LogP contribution in [0.15, 0.2) is 0 Å². The van der Waals surface area contributed by atoms with Crippen LogP contribution in [0, 0.1) is 0 Å². The number of hydrogen-bond acceptors (Lipinski definition) is 6. The predicted octanol–water partition coefficient (Wildman–Crippen LogP) is -1.60. The molecule has 2 aliphatic rings. The molecule has 6 heteroatoms. The minimum Gasteiger partial charge on any atom is -0.428 e. The van der Waals surface area contributed by atoms with E-state index in [4.69, 9.17) is 14.2 Å². The van der Waals surface area contributed by atoms with Crippen LogP contribution in [-0.2, 0) is 19.0 Å². The van der Waals surface area contributed by atoms with Gasteiger partial charge in [0.15, 0.2) is 6.10 Å². The number of fused-ring (bicyclic) bond motifs is 1. The van der Waals surface area contributed by atoms with Gasteiger partial charge in [-0.2, -0.15) is 0 Å². The number of carbonyl (C=O) groups excluding carboxylic acids is 1. The van der Waals surface area contributed by atoms with Crippen molar-refractivity contribution in [3.8, 4) is 0 Å². The molecule has 0 aromatic heterocycles. The molecule has 2 aliphatic heterocycles. The number of aliphatic hydroxyl groups excluding tert-OH is 1. The molecule has 4 atom stereocenters. The van der Waals surface area contributed by atoms with Crippen molar-refractivity contribution >= 4 is 5.97 Å². The van der Waals surface area contributed by atoms with Gasteiger partial charge in [-0.05, 0) is 0 Å². The van der Waals surface area contributed by atoms with Crippen LogP contribution >= 0.6 is 0 Å². The molecule has 2 heterocycles. The van der Waals surface area contributed by atoms with Crippen LogP contribution in [-0.4, -0.2) is 53.5 Å². The molecule has 0 spiro atoms. The molecule has 0 aromatic rings. The Morgan fingerprint density at radius 3 is 2.93 bits per heavy atom. The average Bonchev–Trinajstić information content (AvgIpc) is 2.55. The summed E-state index contributed by atoms with van der Waals surface area (Å²) in [5.74, 6) is -2.37. The Hall–Kier alpha value is -0.690. The topological polar surface area (TPSA) is 85.2 Å². The van der Waals surface area contributed by atoms with E-state index in [9.17, 15) is 15.0 Å². The third kappa shape index (κ3) is 1.40. The summed E-state index contributed by atoms with van der Waals surface area (Å²) in [4.78, 5) is 10.7. The Morgan fingerprint density at radius 2 is 2.29 bits per heavy atom. The van der Waals surface area contributed by atoms with Crippen molar-refractivity contribution in [1.82, 2.24) is 0 Å². The van der Waals surface area contributed by atoms with Crippen molar-refractivity contribution in [3.63, 3.8) is 0 Å². The second kappa shape index (κ2) is 3.16. The third-order valence-electron chi connectivity index (χ3n) is 2.37. The molecule has 1 unspecified atom stereocenters. The molecule has 0 bridgehead atoms. The molecule has 2 N–H and O–H groups in total. The highest BCUT2D eigenvalue weighted by Crippen LogP contribution is 2.34. The summed E-state index contributed by atoms with van der Waals surface area (Å²) in [6, 6.07) is 0. The zero-order valence-corrected chi connectivity index (χ0v) is 7.67. The van der Waals surface area contributed by atoms with E-state index < -0.39 is 30.1 Å². The van der Waals surface area contributed by atoms with E-state index >= 15 is 0 Å². The second-order valence-electron chi connectivity index (χ2n) is 3.54. The smallest absolute Gasteiger partial charge is 0.305 e. The summed E-state index contributed by atoms with van der Waals surface area (Å²) in [7, 11) is 0. The SMILES string of the molecule is CC(=O)O[C@@]1(O)CO[C@@H]2C(O)CO[C@@H]21. The van der Waals surface area contributed by atoms with Crippen molar-refractivity contribution in [2.75, 3.05) is 13.2 Å². The summed E-state index contributed by atoms with van der Waals surface area (Å²) in [6.45, 7) is 1.11. The third-order valence-corrected chi connectivity index (χ3v) is 2.37. The molecule has 2 saturated heterocycles. The molecule has 0 radical (unpaired) electrons. The standard InChI is InChI=1S/C8H12O6/c1-4(9)14-8(11)3-13-6-5(10)2-12-7(6)8/h5-7,10-11H,2-3H2,1H3/t5?,6-,7+,8+/m1/s1. The van der Waals surface area contributed by atoms with Crippen molar-refractivity contribution < 1.29 is 29.2 Å². The number of hydrogen-bond donors (Lipinski definition) is 2. The van der Waals surface area contributed by atoms with Gasteiger partial charge in [0, 0.05) is 6.92 Å². The molecule has 0 amide bonds. The highest BCUT2D eigenvalue weighted by atomic mass is 16.7. The average molecular weight is 204 g/mol. The Labute approximate surface area is 80.4 Å². The molecular weight excluding hydrogens is 192 g/mol. The van der Waals surface area contributed by atoms with E-state index in [2.05, 4.69) is 0 Å². The highest BCUT2D eigenvalue weighted by Gasteiger charge is 2.58. The number of carbonyl (C=O) groups is 1. The zero-order valence-electron chi connectivity index (χ0n) is 7.67. The summed E-state index contributed by atoms with van der Waals surface area (Å²) in [5.41, 5.74) is 0. The van der Waals surface area contributed by atoms with Crippen LogP contribution in [0.5, 0.6) is 0 Å². The largest absolute Gasteiger partial charge is 0.428 e.